The Morgan fingerprint density at radius 2 is 2.23 bits per heavy atom. The molecule has 0 amide bonds. The molecule has 0 bridgehead atoms. The zero-order chi connectivity index (χ0) is 9.84. The van der Waals surface area contributed by atoms with Crippen LogP contribution in [0.5, 0.6) is 0 Å². The summed E-state index contributed by atoms with van der Waals surface area (Å²) in [5, 5.41) is 11.4. The predicted octanol–water partition coefficient (Wildman–Crippen LogP) is 0.992. The normalized spacial score (nSPS) is 12.2. The first-order chi connectivity index (χ1) is 6.19. The molecule has 13 heavy (non-hydrogen) atoms. The third-order valence-corrected chi connectivity index (χ3v) is 1.80. The van der Waals surface area contributed by atoms with Gasteiger partial charge in [0.15, 0.2) is 0 Å². The van der Waals surface area contributed by atoms with Crippen molar-refractivity contribution in [3.8, 4) is 0 Å². The lowest BCUT2D eigenvalue weighted by Gasteiger charge is -2.05. The van der Waals surface area contributed by atoms with Crippen molar-refractivity contribution in [2.75, 3.05) is 7.05 Å². The van der Waals surface area contributed by atoms with E-state index in [1.165, 1.54) is 4.68 Å². The molecule has 0 aliphatic carbocycles. The Morgan fingerprint density at radius 1 is 1.54 bits per heavy atom. The zero-order valence-electron chi connectivity index (χ0n) is 8.15. The van der Waals surface area contributed by atoms with E-state index in [1.54, 1.807) is 7.05 Å². The topological polar surface area (TPSA) is 54.0 Å². The standard InChI is InChI=1S/C9H14N4/c1-7(2)8-4-5-9(11-3)13(6-10)12-8/h4-7,10H,1-3H3/b10-6?,11-9-. The third-order valence-electron chi connectivity index (χ3n) is 1.80. The van der Waals surface area contributed by atoms with Gasteiger partial charge >= 0.3 is 0 Å². The Morgan fingerprint density at radius 3 is 2.69 bits per heavy atom. The fourth-order valence-electron chi connectivity index (χ4n) is 1.03. The van der Waals surface area contributed by atoms with Crippen LogP contribution >= 0.6 is 0 Å². The molecule has 0 fully saturated rings. The molecular formula is C9H14N4. The summed E-state index contributed by atoms with van der Waals surface area (Å²) in [7, 11) is 1.69. The summed E-state index contributed by atoms with van der Waals surface area (Å²) in [5.74, 6) is 0.372. The highest BCUT2D eigenvalue weighted by atomic mass is 15.3. The Labute approximate surface area is 77.5 Å². The van der Waals surface area contributed by atoms with Crippen molar-refractivity contribution in [2.45, 2.75) is 19.8 Å². The SMILES string of the molecule is C/N=c1/ccc(C(C)C)nn1C=N. The summed E-state index contributed by atoms with van der Waals surface area (Å²) in [5.41, 5.74) is 1.66. The summed E-state index contributed by atoms with van der Waals surface area (Å²) in [6, 6.07) is 3.81. The highest BCUT2D eigenvalue weighted by Crippen LogP contribution is 2.07. The fourth-order valence-corrected chi connectivity index (χ4v) is 1.03. The molecule has 1 rings (SSSR count). The summed E-state index contributed by atoms with van der Waals surface area (Å²) in [6.07, 6.45) is 1.16. The summed E-state index contributed by atoms with van der Waals surface area (Å²) < 4.78 is 1.47. The van der Waals surface area contributed by atoms with Crippen LogP contribution in [0.4, 0.5) is 0 Å². The molecule has 0 saturated heterocycles. The fraction of sp³-hybridized carbons (Fsp3) is 0.444. The van der Waals surface area contributed by atoms with Crippen LogP contribution in [0.15, 0.2) is 17.1 Å². The van der Waals surface area contributed by atoms with Gasteiger partial charge in [0.05, 0.1) is 5.69 Å². The quantitative estimate of drug-likeness (QED) is 0.533. The summed E-state index contributed by atoms with van der Waals surface area (Å²) in [4.78, 5) is 3.99. The van der Waals surface area contributed by atoms with E-state index in [0.29, 0.717) is 11.4 Å². The largest absolute Gasteiger partial charge is 0.289 e. The molecule has 0 aliphatic rings. The monoisotopic (exact) mass is 178 g/mol. The third kappa shape index (κ3) is 2.02. The van der Waals surface area contributed by atoms with Gasteiger partial charge in [-0.15, -0.1) is 0 Å². The molecule has 1 aromatic heterocycles. The van der Waals surface area contributed by atoms with Crippen molar-refractivity contribution >= 4 is 6.34 Å². The van der Waals surface area contributed by atoms with Crippen LogP contribution < -0.4 is 5.49 Å². The number of nitrogens with zero attached hydrogens (tertiary/aromatic N) is 3. The van der Waals surface area contributed by atoms with Crippen LogP contribution in [0.2, 0.25) is 0 Å². The average Bonchev–Trinajstić information content (AvgIpc) is 2.16. The Balaban J connectivity index is 3.29. The average molecular weight is 178 g/mol. The van der Waals surface area contributed by atoms with Crippen molar-refractivity contribution in [3.63, 3.8) is 0 Å². The minimum absolute atomic E-state index is 0.372. The van der Waals surface area contributed by atoms with Crippen LogP contribution in [0.3, 0.4) is 0 Å². The Kier molecular flexibility index (Phi) is 2.95. The Bertz CT molecular complexity index is 362. The first-order valence-corrected chi connectivity index (χ1v) is 4.22. The maximum absolute atomic E-state index is 7.14. The van der Waals surface area contributed by atoms with E-state index in [1.807, 2.05) is 12.1 Å². The smallest absolute Gasteiger partial charge is 0.150 e. The van der Waals surface area contributed by atoms with Gasteiger partial charge < -0.3 is 0 Å². The molecular weight excluding hydrogens is 164 g/mol. The van der Waals surface area contributed by atoms with Gasteiger partial charge in [-0.05, 0) is 18.1 Å². The van der Waals surface area contributed by atoms with Crippen molar-refractivity contribution in [2.24, 2.45) is 4.99 Å². The van der Waals surface area contributed by atoms with Crippen molar-refractivity contribution in [1.29, 1.82) is 5.41 Å². The van der Waals surface area contributed by atoms with Crippen LogP contribution in [0.1, 0.15) is 25.5 Å². The highest BCUT2D eigenvalue weighted by Gasteiger charge is 2.01. The van der Waals surface area contributed by atoms with Gasteiger partial charge in [-0.3, -0.25) is 10.4 Å². The molecule has 1 aromatic rings. The number of hydrogen-bond donors (Lipinski definition) is 1. The van der Waals surface area contributed by atoms with Crippen LogP contribution in [-0.2, 0) is 0 Å². The molecule has 1 N–H and O–H groups in total. The van der Waals surface area contributed by atoms with Crippen LogP contribution in [-0.4, -0.2) is 23.2 Å². The molecule has 0 spiro atoms. The van der Waals surface area contributed by atoms with Gasteiger partial charge in [0.2, 0.25) is 0 Å². The van der Waals surface area contributed by atoms with Crippen molar-refractivity contribution < 1.29 is 0 Å². The van der Waals surface area contributed by atoms with Gasteiger partial charge in [-0.1, -0.05) is 13.8 Å². The Hall–Kier alpha value is -1.45. The lowest BCUT2D eigenvalue weighted by Crippen LogP contribution is -2.23. The van der Waals surface area contributed by atoms with E-state index in [0.717, 1.165) is 12.0 Å². The van der Waals surface area contributed by atoms with Crippen molar-refractivity contribution in [3.05, 3.63) is 23.3 Å². The predicted molar refractivity (Wildman–Crippen MR) is 52.0 cm³/mol. The van der Waals surface area contributed by atoms with E-state index in [2.05, 4.69) is 23.9 Å². The van der Waals surface area contributed by atoms with E-state index in [-0.39, 0.29) is 0 Å². The molecule has 0 aromatic carbocycles. The molecule has 0 saturated carbocycles. The molecule has 0 radical (unpaired) electrons. The van der Waals surface area contributed by atoms with Crippen LogP contribution in [0, 0.1) is 5.41 Å². The second-order valence-electron chi connectivity index (χ2n) is 3.07. The van der Waals surface area contributed by atoms with Crippen molar-refractivity contribution in [1.82, 2.24) is 9.78 Å². The maximum atomic E-state index is 7.14. The first-order valence-electron chi connectivity index (χ1n) is 4.22. The van der Waals surface area contributed by atoms with E-state index in [9.17, 15) is 0 Å². The van der Waals surface area contributed by atoms with E-state index >= 15 is 0 Å². The lowest BCUT2D eigenvalue weighted by atomic mass is 10.1. The van der Waals surface area contributed by atoms with Gasteiger partial charge in [-0.2, -0.15) is 5.10 Å². The molecule has 0 unspecified atom stereocenters. The highest BCUT2D eigenvalue weighted by molar-refractivity contribution is 5.52. The second kappa shape index (κ2) is 3.98. The summed E-state index contributed by atoms with van der Waals surface area (Å²) >= 11 is 0. The maximum Gasteiger partial charge on any atom is 0.150 e. The van der Waals surface area contributed by atoms with Crippen LogP contribution in [0.25, 0.3) is 0 Å². The molecule has 0 aliphatic heterocycles. The first kappa shape index (κ1) is 9.64. The van der Waals surface area contributed by atoms with Gasteiger partial charge in [0.1, 0.15) is 11.8 Å². The molecule has 1 heterocycles. The van der Waals surface area contributed by atoms with Gasteiger partial charge in [0.25, 0.3) is 0 Å². The summed E-state index contributed by atoms with van der Waals surface area (Å²) in [6.45, 7) is 4.14. The zero-order valence-corrected chi connectivity index (χ0v) is 8.15. The number of hydrogen-bond acceptors (Lipinski definition) is 3. The van der Waals surface area contributed by atoms with E-state index in [4.69, 9.17) is 5.41 Å². The minimum atomic E-state index is 0.372. The number of nitrogens with one attached hydrogen (secondary N) is 1. The molecule has 4 nitrogen and oxygen atoms in total. The molecule has 70 valence electrons. The minimum Gasteiger partial charge on any atom is -0.289 e. The number of rotatable bonds is 2. The van der Waals surface area contributed by atoms with Gasteiger partial charge in [-0.25, -0.2) is 4.68 Å². The molecule has 0 atom stereocenters. The van der Waals surface area contributed by atoms with E-state index < -0.39 is 0 Å². The lowest BCUT2D eigenvalue weighted by molar-refractivity contribution is 0.730. The second-order valence-corrected chi connectivity index (χ2v) is 3.07. The number of aromatic nitrogens is 2. The van der Waals surface area contributed by atoms with Gasteiger partial charge in [0, 0.05) is 7.05 Å². The molecule has 4 heteroatoms.